The van der Waals surface area contributed by atoms with Gasteiger partial charge in [-0.25, -0.2) is 4.79 Å². The molecule has 1 rings (SSSR count). The van der Waals surface area contributed by atoms with E-state index in [1.807, 2.05) is 19.1 Å². The molecule has 0 bridgehead atoms. The van der Waals surface area contributed by atoms with Gasteiger partial charge in [0.1, 0.15) is 5.75 Å². The maximum absolute atomic E-state index is 11.0. The number of aryl methyl sites for hydroxylation is 1. The molecule has 1 aromatic carbocycles. The normalized spacial score (nSPS) is 10.4. The van der Waals surface area contributed by atoms with E-state index < -0.39 is 5.97 Å². The van der Waals surface area contributed by atoms with Crippen molar-refractivity contribution < 1.29 is 24.2 Å². The van der Waals surface area contributed by atoms with Crippen molar-refractivity contribution in [2.75, 3.05) is 13.7 Å². The van der Waals surface area contributed by atoms with E-state index in [2.05, 4.69) is 4.74 Å². The third kappa shape index (κ3) is 5.25. The van der Waals surface area contributed by atoms with Crippen molar-refractivity contribution in [2.24, 2.45) is 0 Å². The Morgan fingerprint density at radius 3 is 2.74 bits per heavy atom. The summed E-state index contributed by atoms with van der Waals surface area (Å²) in [6, 6.07) is 5.41. The average molecular weight is 264 g/mol. The highest BCUT2D eigenvalue weighted by Gasteiger charge is 2.05. The lowest BCUT2D eigenvalue weighted by Crippen LogP contribution is -2.08. The molecular weight excluding hydrogens is 248 g/mol. The predicted octanol–water partition coefficient (Wildman–Crippen LogP) is 2.03. The number of benzene rings is 1. The zero-order valence-electron chi connectivity index (χ0n) is 10.9. The summed E-state index contributed by atoms with van der Waals surface area (Å²) in [5, 5.41) is 8.63. The number of rotatable bonds is 6. The van der Waals surface area contributed by atoms with E-state index in [4.69, 9.17) is 9.84 Å². The number of carbonyl (C=O) groups is 2. The molecule has 0 aromatic heterocycles. The van der Waals surface area contributed by atoms with Gasteiger partial charge >= 0.3 is 11.9 Å². The van der Waals surface area contributed by atoms with Gasteiger partial charge in [0.05, 0.1) is 20.1 Å². The van der Waals surface area contributed by atoms with Crippen LogP contribution in [0, 0.1) is 6.92 Å². The van der Waals surface area contributed by atoms with Crippen LogP contribution in [-0.4, -0.2) is 30.8 Å². The molecule has 0 radical (unpaired) electrons. The summed E-state index contributed by atoms with van der Waals surface area (Å²) in [5.41, 5.74) is 1.65. The molecule has 0 aliphatic heterocycles. The number of hydrogen-bond donors (Lipinski definition) is 1. The van der Waals surface area contributed by atoms with Crippen molar-refractivity contribution in [3.63, 3.8) is 0 Å². The summed E-state index contributed by atoms with van der Waals surface area (Å²) >= 11 is 0. The molecule has 0 heterocycles. The molecule has 19 heavy (non-hydrogen) atoms. The summed E-state index contributed by atoms with van der Waals surface area (Å²) in [5.74, 6) is -0.844. The number of hydrogen-bond acceptors (Lipinski definition) is 4. The molecule has 1 N–H and O–H groups in total. The maximum atomic E-state index is 11.0. The van der Waals surface area contributed by atoms with Gasteiger partial charge in [-0.05, 0) is 25.1 Å². The van der Waals surface area contributed by atoms with E-state index in [1.165, 1.54) is 13.2 Å². The van der Waals surface area contributed by atoms with Gasteiger partial charge in [0.25, 0.3) is 0 Å². The zero-order chi connectivity index (χ0) is 14.3. The molecule has 0 aliphatic rings. The SMILES string of the molecule is COC(=O)CCOc1ccc(C)cc1C=CC(=O)O. The number of carbonyl (C=O) groups excluding carboxylic acids is 1. The second-order valence-corrected chi connectivity index (χ2v) is 3.89. The van der Waals surface area contributed by atoms with Gasteiger partial charge in [0.15, 0.2) is 0 Å². The van der Waals surface area contributed by atoms with Crippen LogP contribution in [0.4, 0.5) is 0 Å². The lowest BCUT2D eigenvalue weighted by atomic mass is 10.1. The van der Waals surface area contributed by atoms with Gasteiger partial charge in [-0.3, -0.25) is 4.79 Å². The van der Waals surface area contributed by atoms with E-state index in [1.54, 1.807) is 6.07 Å². The quantitative estimate of drug-likeness (QED) is 0.628. The minimum atomic E-state index is -1.03. The Morgan fingerprint density at radius 1 is 1.37 bits per heavy atom. The number of ether oxygens (including phenoxy) is 2. The summed E-state index contributed by atoms with van der Waals surface area (Å²) in [6.45, 7) is 2.08. The van der Waals surface area contributed by atoms with E-state index in [0.29, 0.717) is 11.3 Å². The molecule has 1 aromatic rings. The molecule has 5 heteroatoms. The van der Waals surface area contributed by atoms with Gasteiger partial charge in [-0.1, -0.05) is 11.6 Å². The summed E-state index contributed by atoms with van der Waals surface area (Å²) in [7, 11) is 1.31. The van der Waals surface area contributed by atoms with E-state index >= 15 is 0 Å². The summed E-state index contributed by atoms with van der Waals surface area (Å²) < 4.78 is 9.96. The molecule has 0 atom stereocenters. The van der Waals surface area contributed by atoms with Crippen LogP contribution in [0.5, 0.6) is 5.75 Å². The van der Waals surface area contributed by atoms with Crippen molar-refractivity contribution >= 4 is 18.0 Å². The Labute approximate surface area is 111 Å². The molecule has 0 aliphatic carbocycles. The first-order chi connectivity index (χ1) is 9.02. The van der Waals surface area contributed by atoms with Gasteiger partial charge in [0.2, 0.25) is 0 Å². The topological polar surface area (TPSA) is 72.8 Å². The van der Waals surface area contributed by atoms with Crippen LogP contribution in [0.2, 0.25) is 0 Å². The van der Waals surface area contributed by atoms with Crippen LogP contribution in [-0.2, 0) is 14.3 Å². The largest absolute Gasteiger partial charge is 0.492 e. The average Bonchev–Trinajstić information content (AvgIpc) is 2.38. The maximum Gasteiger partial charge on any atom is 0.328 e. The summed E-state index contributed by atoms with van der Waals surface area (Å²) in [4.78, 5) is 21.5. The highest BCUT2D eigenvalue weighted by atomic mass is 16.5. The van der Waals surface area contributed by atoms with Gasteiger partial charge < -0.3 is 14.6 Å². The molecular formula is C14H16O5. The number of aliphatic carboxylic acids is 1. The van der Waals surface area contributed by atoms with E-state index in [-0.39, 0.29) is 19.0 Å². The monoisotopic (exact) mass is 264 g/mol. The Morgan fingerprint density at radius 2 is 2.11 bits per heavy atom. The first kappa shape index (κ1) is 14.8. The zero-order valence-corrected chi connectivity index (χ0v) is 10.9. The highest BCUT2D eigenvalue weighted by Crippen LogP contribution is 2.21. The molecule has 0 saturated carbocycles. The standard InChI is InChI=1S/C14H16O5/c1-10-3-5-12(19-8-7-14(17)18-2)11(9-10)4-6-13(15)16/h3-6,9H,7-8H2,1-2H3,(H,15,16). The smallest absolute Gasteiger partial charge is 0.328 e. The predicted molar refractivity (Wildman–Crippen MR) is 70.0 cm³/mol. The Kier molecular flexibility index (Phi) is 5.60. The third-order valence-electron chi connectivity index (χ3n) is 2.36. The number of methoxy groups -OCH3 is 1. The fourth-order valence-electron chi connectivity index (χ4n) is 1.44. The van der Waals surface area contributed by atoms with Gasteiger partial charge in [0, 0.05) is 11.6 Å². The van der Waals surface area contributed by atoms with Crippen LogP contribution in [0.15, 0.2) is 24.3 Å². The van der Waals surface area contributed by atoms with Crippen LogP contribution in [0.25, 0.3) is 6.08 Å². The Balaban J connectivity index is 2.76. The lowest BCUT2D eigenvalue weighted by Gasteiger charge is -2.09. The molecule has 102 valence electrons. The van der Waals surface area contributed by atoms with Crippen LogP contribution >= 0.6 is 0 Å². The van der Waals surface area contributed by atoms with Crippen molar-refractivity contribution in [1.29, 1.82) is 0 Å². The lowest BCUT2D eigenvalue weighted by molar-refractivity contribution is -0.141. The van der Waals surface area contributed by atoms with Crippen molar-refractivity contribution in [3.05, 3.63) is 35.4 Å². The minimum Gasteiger partial charge on any atom is -0.492 e. The molecule has 0 unspecified atom stereocenters. The Hall–Kier alpha value is -2.30. The third-order valence-corrected chi connectivity index (χ3v) is 2.36. The van der Waals surface area contributed by atoms with E-state index in [0.717, 1.165) is 11.6 Å². The minimum absolute atomic E-state index is 0.145. The van der Waals surface area contributed by atoms with Crippen molar-refractivity contribution in [2.45, 2.75) is 13.3 Å². The fourth-order valence-corrected chi connectivity index (χ4v) is 1.44. The van der Waals surface area contributed by atoms with Crippen molar-refractivity contribution in [1.82, 2.24) is 0 Å². The van der Waals surface area contributed by atoms with Crippen LogP contribution in [0.1, 0.15) is 17.5 Å². The second kappa shape index (κ2) is 7.20. The highest BCUT2D eigenvalue weighted by molar-refractivity contribution is 5.86. The summed E-state index contributed by atoms with van der Waals surface area (Å²) in [6.07, 6.45) is 2.65. The number of carboxylic acids is 1. The number of carboxylic acid groups (broad SMARTS) is 1. The van der Waals surface area contributed by atoms with Gasteiger partial charge in [-0.15, -0.1) is 0 Å². The van der Waals surface area contributed by atoms with E-state index in [9.17, 15) is 9.59 Å². The molecule has 0 spiro atoms. The first-order valence-electron chi connectivity index (χ1n) is 5.74. The van der Waals surface area contributed by atoms with Crippen LogP contribution in [0.3, 0.4) is 0 Å². The molecule has 0 saturated heterocycles. The van der Waals surface area contributed by atoms with Gasteiger partial charge in [-0.2, -0.15) is 0 Å². The first-order valence-corrected chi connectivity index (χ1v) is 5.74. The fraction of sp³-hybridized carbons (Fsp3) is 0.286. The molecule has 0 fully saturated rings. The molecule has 0 amide bonds. The van der Waals surface area contributed by atoms with Crippen LogP contribution < -0.4 is 4.74 Å². The number of esters is 1. The van der Waals surface area contributed by atoms with Crippen molar-refractivity contribution in [3.8, 4) is 5.75 Å². The second-order valence-electron chi connectivity index (χ2n) is 3.89. The Bertz CT molecular complexity index is 491. The molecule has 5 nitrogen and oxygen atoms in total.